The molecular formula is C24H31FN2O2S. The fourth-order valence-corrected chi connectivity index (χ4v) is 3.80. The van der Waals surface area contributed by atoms with Gasteiger partial charge >= 0.3 is 0 Å². The SMILES string of the molecule is Cc1ccccc1CN(C(=O)CSCc1ccc(F)cc1)[C@@H](C)C(=O)NCC(C)C. The summed E-state index contributed by atoms with van der Waals surface area (Å²) in [6.07, 6.45) is 0. The molecule has 2 aromatic rings. The molecule has 0 bridgehead atoms. The van der Waals surface area contributed by atoms with Crippen LogP contribution in [0.1, 0.15) is 37.5 Å². The van der Waals surface area contributed by atoms with Crippen LogP contribution in [0.2, 0.25) is 0 Å². The number of carbonyl (C=O) groups excluding carboxylic acids is 2. The highest BCUT2D eigenvalue weighted by Gasteiger charge is 2.26. The number of nitrogens with one attached hydrogen (secondary N) is 1. The average Bonchev–Trinajstić information content (AvgIpc) is 2.72. The second-order valence-electron chi connectivity index (χ2n) is 7.88. The van der Waals surface area contributed by atoms with Crippen molar-refractivity contribution in [2.75, 3.05) is 12.3 Å². The maximum absolute atomic E-state index is 13.1. The molecule has 0 heterocycles. The van der Waals surface area contributed by atoms with Crippen LogP contribution in [0.15, 0.2) is 48.5 Å². The molecule has 0 unspecified atom stereocenters. The number of aryl methyl sites for hydroxylation is 1. The third-order valence-corrected chi connectivity index (χ3v) is 5.85. The van der Waals surface area contributed by atoms with Crippen molar-refractivity contribution in [3.05, 3.63) is 71.0 Å². The van der Waals surface area contributed by atoms with Gasteiger partial charge in [0.15, 0.2) is 0 Å². The molecule has 6 heteroatoms. The van der Waals surface area contributed by atoms with Gasteiger partial charge in [-0.05, 0) is 48.6 Å². The van der Waals surface area contributed by atoms with Crippen LogP contribution in [0.3, 0.4) is 0 Å². The molecule has 0 aliphatic carbocycles. The number of hydrogen-bond acceptors (Lipinski definition) is 3. The van der Waals surface area contributed by atoms with Gasteiger partial charge in [-0.1, -0.05) is 50.2 Å². The molecule has 0 aromatic heterocycles. The average molecular weight is 431 g/mol. The number of rotatable bonds is 10. The van der Waals surface area contributed by atoms with Crippen molar-refractivity contribution in [2.45, 2.75) is 46.0 Å². The molecular weight excluding hydrogens is 399 g/mol. The Balaban J connectivity index is 2.06. The fraction of sp³-hybridized carbons (Fsp3) is 0.417. The van der Waals surface area contributed by atoms with E-state index in [2.05, 4.69) is 5.32 Å². The highest BCUT2D eigenvalue weighted by Crippen LogP contribution is 2.18. The summed E-state index contributed by atoms with van der Waals surface area (Å²) >= 11 is 1.47. The van der Waals surface area contributed by atoms with Crippen LogP contribution >= 0.6 is 11.8 Å². The molecule has 2 rings (SSSR count). The lowest BCUT2D eigenvalue weighted by Crippen LogP contribution is -2.48. The highest BCUT2D eigenvalue weighted by atomic mass is 32.2. The van der Waals surface area contributed by atoms with E-state index in [1.807, 2.05) is 45.0 Å². The molecule has 0 aliphatic rings. The van der Waals surface area contributed by atoms with Crippen molar-refractivity contribution in [3.8, 4) is 0 Å². The lowest BCUT2D eigenvalue weighted by Gasteiger charge is -2.29. The fourth-order valence-electron chi connectivity index (χ4n) is 2.93. The van der Waals surface area contributed by atoms with Gasteiger partial charge in [0.25, 0.3) is 0 Å². The number of thioether (sulfide) groups is 1. The van der Waals surface area contributed by atoms with Gasteiger partial charge in [0.1, 0.15) is 11.9 Å². The van der Waals surface area contributed by atoms with E-state index in [0.29, 0.717) is 24.8 Å². The monoisotopic (exact) mass is 430 g/mol. The first-order chi connectivity index (χ1) is 14.3. The maximum Gasteiger partial charge on any atom is 0.242 e. The van der Waals surface area contributed by atoms with Gasteiger partial charge in [0.2, 0.25) is 11.8 Å². The first-order valence-corrected chi connectivity index (χ1v) is 11.4. The Kier molecular flexibility index (Phi) is 9.37. The Morgan fingerprint density at radius 3 is 2.37 bits per heavy atom. The second kappa shape index (κ2) is 11.7. The number of hydrogen-bond donors (Lipinski definition) is 1. The van der Waals surface area contributed by atoms with Crippen molar-refractivity contribution < 1.29 is 14.0 Å². The first-order valence-electron chi connectivity index (χ1n) is 10.2. The number of nitrogens with zero attached hydrogens (tertiary/aromatic N) is 1. The maximum atomic E-state index is 13.1. The van der Waals surface area contributed by atoms with Crippen molar-refractivity contribution in [1.29, 1.82) is 0 Å². The minimum Gasteiger partial charge on any atom is -0.354 e. The van der Waals surface area contributed by atoms with E-state index < -0.39 is 6.04 Å². The number of amides is 2. The molecule has 4 nitrogen and oxygen atoms in total. The number of carbonyl (C=O) groups is 2. The third kappa shape index (κ3) is 7.48. The molecule has 0 spiro atoms. The van der Waals surface area contributed by atoms with E-state index in [0.717, 1.165) is 16.7 Å². The molecule has 2 amide bonds. The van der Waals surface area contributed by atoms with Gasteiger partial charge in [-0.3, -0.25) is 9.59 Å². The summed E-state index contributed by atoms with van der Waals surface area (Å²) in [4.78, 5) is 27.3. The predicted molar refractivity (Wildman–Crippen MR) is 122 cm³/mol. The summed E-state index contributed by atoms with van der Waals surface area (Å²) < 4.78 is 13.1. The molecule has 0 saturated heterocycles. The Labute approximate surface area is 183 Å². The topological polar surface area (TPSA) is 49.4 Å². The van der Waals surface area contributed by atoms with Gasteiger partial charge in [0, 0.05) is 18.8 Å². The molecule has 0 radical (unpaired) electrons. The molecule has 0 saturated carbocycles. The van der Waals surface area contributed by atoms with Crippen LogP contribution in [0.4, 0.5) is 4.39 Å². The van der Waals surface area contributed by atoms with E-state index in [-0.39, 0.29) is 23.4 Å². The normalized spacial score (nSPS) is 11.9. The highest BCUT2D eigenvalue weighted by molar-refractivity contribution is 7.99. The molecule has 0 fully saturated rings. The second-order valence-corrected chi connectivity index (χ2v) is 8.87. The Morgan fingerprint density at radius 1 is 1.07 bits per heavy atom. The Morgan fingerprint density at radius 2 is 1.73 bits per heavy atom. The van der Waals surface area contributed by atoms with Crippen molar-refractivity contribution in [2.24, 2.45) is 5.92 Å². The zero-order chi connectivity index (χ0) is 22.1. The van der Waals surface area contributed by atoms with Crippen LogP contribution in [-0.2, 0) is 21.9 Å². The quantitative estimate of drug-likeness (QED) is 0.601. The van der Waals surface area contributed by atoms with Gasteiger partial charge in [-0.2, -0.15) is 0 Å². The van der Waals surface area contributed by atoms with Crippen molar-refractivity contribution in [3.63, 3.8) is 0 Å². The predicted octanol–water partition coefficient (Wildman–Crippen LogP) is 4.56. The van der Waals surface area contributed by atoms with E-state index in [1.165, 1.54) is 23.9 Å². The van der Waals surface area contributed by atoms with Gasteiger partial charge in [-0.25, -0.2) is 4.39 Å². The van der Waals surface area contributed by atoms with Gasteiger partial charge < -0.3 is 10.2 Å². The Hall–Kier alpha value is -2.34. The third-order valence-electron chi connectivity index (χ3n) is 4.86. The minimum atomic E-state index is -0.567. The summed E-state index contributed by atoms with van der Waals surface area (Å²) in [7, 11) is 0. The first kappa shape index (κ1) is 23.9. The summed E-state index contributed by atoms with van der Waals surface area (Å²) in [5.41, 5.74) is 3.07. The number of benzene rings is 2. The molecule has 0 aliphatic heterocycles. The van der Waals surface area contributed by atoms with E-state index in [9.17, 15) is 14.0 Å². The largest absolute Gasteiger partial charge is 0.354 e. The number of halogens is 1. The molecule has 1 N–H and O–H groups in total. The molecule has 162 valence electrons. The van der Waals surface area contributed by atoms with Crippen LogP contribution in [0.25, 0.3) is 0 Å². The molecule has 1 atom stereocenters. The minimum absolute atomic E-state index is 0.0856. The Bertz CT molecular complexity index is 839. The van der Waals surface area contributed by atoms with Crippen LogP contribution in [-0.4, -0.2) is 35.1 Å². The van der Waals surface area contributed by atoms with E-state index >= 15 is 0 Å². The molecule has 2 aromatic carbocycles. The van der Waals surface area contributed by atoms with E-state index in [1.54, 1.807) is 24.0 Å². The smallest absolute Gasteiger partial charge is 0.242 e. The lowest BCUT2D eigenvalue weighted by atomic mass is 10.1. The summed E-state index contributed by atoms with van der Waals surface area (Å²) in [6.45, 7) is 8.82. The summed E-state index contributed by atoms with van der Waals surface area (Å²) in [5.74, 6) is 0.702. The zero-order valence-electron chi connectivity index (χ0n) is 18.2. The summed E-state index contributed by atoms with van der Waals surface area (Å²) in [5, 5.41) is 2.93. The van der Waals surface area contributed by atoms with E-state index in [4.69, 9.17) is 0 Å². The van der Waals surface area contributed by atoms with Crippen LogP contribution in [0.5, 0.6) is 0 Å². The molecule has 30 heavy (non-hydrogen) atoms. The lowest BCUT2D eigenvalue weighted by molar-refractivity contribution is -0.138. The van der Waals surface area contributed by atoms with Crippen molar-refractivity contribution in [1.82, 2.24) is 10.2 Å². The van der Waals surface area contributed by atoms with Crippen molar-refractivity contribution >= 4 is 23.6 Å². The zero-order valence-corrected chi connectivity index (χ0v) is 19.0. The summed E-state index contributed by atoms with van der Waals surface area (Å²) in [6, 6.07) is 13.6. The van der Waals surface area contributed by atoms with Crippen LogP contribution < -0.4 is 5.32 Å². The van der Waals surface area contributed by atoms with Gasteiger partial charge in [0.05, 0.1) is 5.75 Å². The van der Waals surface area contributed by atoms with Crippen LogP contribution in [0, 0.1) is 18.7 Å². The van der Waals surface area contributed by atoms with Gasteiger partial charge in [-0.15, -0.1) is 11.8 Å². The standard InChI is InChI=1S/C24H31FN2O2S/c1-17(2)13-26-24(29)19(4)27(14-21-8-6-5-7-18(21)3)23(28)16-30-15-20-9-11-22(25)12-10-20/h5-12,17,19H,13-16H2,1-4H3,(H,26,29)/t19-/m0/s1.